The molecule has 1 aromatic carbocycles. The summed E-state index contributed by atoms with van der Waals surface area (Å²) in [6, 6.07) is 3.83. The van der Waals surface area contributed by atoms with Gasteiger partial charge in [-0.3, -0.25) is 4.79 Å². The Labute approximate surface area is 99.6 Å². The second-order valence-electron chi connectivity index (χ2n) is 3.87. The van der Waals surface area contributed by atoms with Crippen molar-refractivity contribution in [2.45, 2.75) is 32.3 Å². The van der Waals surface area contributed by atoms with Gasteiger partial charge in [0.15, 0.2) is 17.4 Å². The first kappa shape index (κ1) is 13.8. The summed E-state index contributed by atoms with van der Waals surface area (Å²) >= 11 is 0. The van der Waals surface area contributed by atoms with Crippen LogP contribution in [0.25, 0.3) is 0 Å². The number of hydrogen-bond donors (Lipinski definition) is 0. The predicted molar refractivity (Wildman–Crippen MR) is 60.8 cm³/mol. The molecule has 0 bridgehead atoms. The van der Waals surface area contributed by atoms with Gasteiger partial charge in [-0.25, -0.2) is 8.78 Å². The molecule has 0 amide bonds. The SMILES string of the molecule is CCCC(OC)C(=O)Cc1cccc(F)c1F. The summed E-state index contributed by atoms with van der Waals surface area (Å²) < 4.78 is 31.3. The van der Waals surface area contributed by atoms with Crippen LogP contribution in [-0.4, -0.2) is 19.0 Å². The van der Waals surface area contributed by atoms with Crippen molar-refractivity contribution in [3.63, 3.8) is 0 Å². The van der Waals surface area contributed by atoms with E-state index in [9.17, 15) is 13.6 Å². The predicted octanol–water partition coefficient (Wildman–Crippen LogP) is 2.89. The van der Waals surface area contributed by atoms with Gasteiger partial charge in [0.05, 0.1) is 0 Å². The van der Waals surface area contributed by atoms with Gasteiger partial charge in [0.2, 0.25) is 0 Å². The van der Waals surface area contributed by atoms with E-state index in [0.717, 1.165) is 12.5 Å². The van der Waals surface area contributed by atoms with E-state index in [1.54, 1.807) is 0 Å². The lowest BCUT2D eigenvalue weighted by atomic mass is 10.0. The summed E-state index contributed by atoms with van der Waals surface area (Å²) in [5.74, 6) is -2.11. The molecular formula is C13H16F2O2. The van der Waals surface area contributed by atoms with E-state index in [0.29, 0.717) is 6.42 Å². The molecule has 0 spiro atoms. The van der Waals surface area contributed by atoms with Crippen molar-refractivity contribution in [1.29, 1.82) is 0 Å². The molecule has 2 nitrogen and oxygen atoms in total. The lowest BCUT2D eigenvalue weighted by molar-refractivity contribution is -0.128. The number of rotatable bonds is 6. The molecule has 1 atom stereocenters. The third kappa shape index (κ3) is 3.60. The Hall–Kier alpha value is -1.29. The summed E-state index contributed by atoms with van der Waals surface area (Å²) in [5.41, 5.74) is 0.0770. The Balaban J connectivity index is 2.76. The molecule has 0 aliphatic heterocycles. The summed E-state index contributed by atoms with van der Waals surface area (Å²) in [6.45, 7) is 1.93. The lowest BCUT2D eigenvalue weighted by Crippen LogP contribution is -2.25. The van der Waals surface area contributed by atoms with E-state index >= 15 is 0 Å². The number of hydrogen-bond acceptors (Lipinski definition) is 2. The first-order valence-corrected chi connectivity index (χ1v) is 5.58. The molecule has 4 heteroatoms. The van der Waals surface area contributed by atoms with Crippen molar-refractivity contribution in [3.05, 3.63) is 35.4 Å². The Morgan fingerprint density at radius 1 is 1.41 bits per heavy atom. The lowest BCUT2D eigenvalue weighted by Gasteiger charge is -2.13. The largest absolute Gasteiger partial charge is 0.374 e. The van der Waals surface area contributed by atoms with Crippen molar-refractivity contribution < 1.29 is 18.3 Å². The number of benzene rings is 1. The monoisotopic (exact) mass is 242 g/mol. The van der Waals surface area contributed by atoms with E-state index < -0.39 is 17.7 Å². The molecule has 0 aliphatic rings. The minimum absolute atomic E-state index is 0.0770. The number of carbonyl (C=O) groups is 1. The van der Waals surface area contributed by atoms with Crippen molar-refractivity contribution >= 4 is 5.78 Å². The van der Waals surface area contributed by atoms with Crippen LogP contribution in [0.1, 0.15) is 25.3 Å². The molecule has 1 rings (SSSR count). The van der Waals surface area contributed by atoms with E-state index in [1.165, 1.54) is 19.2 Å². The highest BCUT2D eigenvalue weighted by Crippen LogP contribution is 2.14. The molecule has 0 aliphatic carbocycles. The standard InChI is InChI=1S/C13H16F2O2/c1-3-5-12(17-2)11(16)8-9-6-4-7-10(14)13(9)15/h4,6-7,12H,3,5,8H2,1-2H3. The maximum Gasteiger partial charge on any atom is 0.165 e. The smallest absolute Gasteiger partial charge is 0.165 e. The van der Waals surface area contributed by atoms with Crippen LogP contribution < -0.4 is 0 Å². The number of methoxy groups -OCH3 is 1. The molecular weight excluding hydrogens is 226 g/mol. The molecule has 0 saturated carbocycles. The second kappa shape index (κ2) is 6.45. The first-order chi connectivity index (χ1) is 8.10. The van der Waals surface area contributed by atoms with Gasteiger partial charge in [-0.2, -0.15) is 0 Å². The molecule has 1 unspecified atom stereocenters. The van der Waals surface area contributed by atoms with Crippen LogP contribution in [0.4, 0.5) is 8.78 Å². The number of halogens is 2. The van der Waals surface area contributed by atoms with Crippen LogP contribution in [-0.2, 0) is 16.0 Å². The molecule has 0 saturated heterocycles. The number of ketones is 1. The van der Waals surface area contributed by atoms with Gasteiger partial charge < -0.3 is 4.74 Å². The van der Waals surface area contributed by atoms with E-state index in [2.05, 4.69) is 0 Å². The summed E-state index contributed by atoms with van der Waals surface area (Å²) in [4.78, 5) is 11.8. The molecule has 0 radical (unpaired) electrons. The van der Waals surface area contributed by atoms with E-state index in [-0.39, 0.29) is 17.8 Å². The fraction of sp³-hybridized carbons (Fsp3) is 0.462. The van der Waals surface area contributed by atoms with Crippen LogP contribution in [0.3, 0.4) is 0 Å². The molecule has 0 aromatic heterocycles. The molecule has 94 valence electrons. The summed E-state index contributed by atoms with van der Waals surface area (Å²) in [6.07, 6.45) is 0.715. The fourth-order valence-electron chi connectivity index (χ4n) is 1.66. The minimum Gasteiger partial charge on any atom is -0.374 e. The summed E-state index contributed by atoms with van der Waals surface area (Å²) in [7, 11) is 1.44. The van der Waals surface area contributed by atoms with Crippen LogP contribution in [0.5, 0.6) is 0 Å². The highest BCUT2D eigenvalue weighted by Gasteiger charge is 2.19. The molecule has 17 heavy (non-hydrogen) atoms. The Bertz CT molecular complexity index is 391. The van der Waals surface area contributed by atoms with Gasteiger partial charge in [0.1, 0.15) is 6.10 Å². The average molecular weight is 242 g/mol. The number of carbonyl (C=O) groups excluding carboxylic acids is 1. The zero-order valence-corrected chi connectivity index (χ0v) is 10.0. The van der Waals surface area contributed by atoms with E-state index in [4.69, 9.17) is 4.74 Å². The topological polar surface area (TPSA) is 26.3 Å². The fourth-order valence-corrected chi connectivity index (χ4v) is 1.66. The average Bonchev–Trinajstić information content (AvgIpc) is 2.31. The quantitative estimate of drug-likeness (QED) is 0.766. The van der Waals surface area contributed by atoms with Crippen molar-refractivity contribution in [2.75, 3.05) is 7.11 Å². The maximum atomic E-state index is 13.3. The Kier molecular flexibility index (Phi) is 5.22. The molecule has 1 aromatic rings. The normalized spacial score (nSPS) is 12.5. The van der Waals surface area contributed by atoms with Gasteiger partial charge in [0.25, 0.3) is 0 Å². The number of Topliss-reactive ketones (excluding diaryl/α,β-unsaturated/α-hetero) is 1. The van der Waals surface area contributed by atoms with Gasteiger partial charge in [-0.05, 0) is 18.1 Å². The molecule has 0 fully saturated rings. The van der Waals surface area contributed by atoms with E-state index in [1.807, 2.05) is 6.92 Å². The molecule has 0 heterocycles. The van der Waals surface area contributed by atoms with Gasteiger partial charge in [-0.1, -0.05) is 25.5 Å². The Morgan fingerprint density at radius 3 is 2.71 bits per heavy atom. The maximum absolute atomic E-state index is 13.3. The third-order valence-corrected chi connectivity index (χ3v) is 2.59. The van der Waals surface area contributed by atoms with Gasteiger partial charge >= 0.3 is 0 Å². The Morgan fingerprint density at radius 2 is 2.12 bits per heavy atom. The summed E-state index contributed by atoms with van der Waals surface area (Å²) in [5, 5.41) is 0. The highest BCUT2D eigenvalue weighted by atomic mass is 19.2. The zero-order valence-electron chi connectivity index (χ0n) is 10.0. The zero-order chi connectivity index (χ0) is 12.8. The van der Waals surface area contributed by atoms with Gasteiger partial charge in [0, 0.05) is 13.5 Å². The number of ether oxygens (including phenoxy) is 1. The van der Waals surface area contributed by atoms with Crippen LogP contribution in [0, 0.1) is 11.6 Å². The second-order valence-corrected chi connectivity index (χ2v) is 3.87. The van der Waals surface area contributed by atoms with Crippen LogP contribution in [0.2, 0.25) is 0 Å². The molecule has 0 N–H and O–H groups in total. The van der Waals surface area contributed by atoms with Crippen LogP contribution in [0.15, 0.2) is 18.2 Å². The third-order valence-electron chi connectivity index (χ3n) is 2.59. The van der Waals surface area contributed by atoms with Crippen molar-refractivity contribution in [3.8, 4) is 0 Å². The van der Waals surface area contributed by atoms with Crippen molar-refractivity contribution in [2.24, 2.45) is 0 Å². The van der Waals surface area contributed by atoms with Gasteiger partial charge in [-0.15, -0.1) is 0 Å². The minimum atomic E-state index is -0.952. The van der Waals surface area contributed by atoms with Crippen LogP contribution >= 0.6 is 0 Å². The van der Waals surface area contributed by atoms with Crippen molar-refractivity contribution in [1.82, 2.24) is 0 Å². The first-order valence-electron chi connectivity index (χ1n) is 5.58. The highest BCUT2D eigenvalue weighted by molar-refractivity contribution is 5.85.